The van der Waals surface area contributed by atoms with Crippen LogP contribution in [0.2, 0.25) is 0 Å². The average molecular weight is 488 g/mol. The maximum atomic E-state index is 6.05. The number of rotatable bonds is 7. The van der Waals surface area contributed by atoms with Crippen molar-refractivity contribution in [3.05, 3.63) is 30.0 Å². The van der Waals surface area contributed by atoms with Crippen molar-refractivity contribution in [1.29, 1.82) is 0 Å². The van der Waals surface area contributed by atoms with Crippen LogP contribution in [0, 0.1) is 0 Å². The predicted octanol–water partition coefficient (Wildman–Crippen LogP) is 4.06. The minimum absolute atomic E-state index is 0. The molecule has 0 saturated carbocycles. The van der Waals surface area contributed by atoms with Gasteiger partial charge in [0, 0.05) is 31.1 Å². The summed E-state index contributed by atoms with van der Waals surface area (Å²) in [4.78, 5) is 4.29. The molecule has 0 radical (unpaired) electrons. The molecule has 0 saturated heterocycles. The fourth-order valence-corrected chi connectivity index (χ4v) is 2.63. The zero-order chi connectivity index (χ0) is 19.2. The molecule has 0 aliphatic heterocycles. The van der Waals surface area contributed by atoms with E-state index in [0.29, 0.717) is 6.61 Å². The van der Waals surface area contributed by atoms with Crippen LogP contribution in [0.3, 0.4) is 0 Å². The van der Waals surface area contributed by atoms with Gasteiger partial charge in [0.05, 0.1) is 12.6 Å². The van der Waals surface area contributed by atoms with E-state index in [0.717, 1.165) is 41.5 Å². The lowest BCUT2D eigenvalue weighted by atomic mass is 10.1. The number of halogens is 1. The summed E-state index contributed by atoms with van der Waals surface area (Å²) in [5.74, 6) is 2.38. The zero-order valence-electron chi connectivity index (χ0n) is 17.2. The molecular formula is C20H33IN4O2. The van der Waals surface area contributed by atoms with Crippen molar-refractivity contribution < 1.29 is 9.15 Å². The van der Waals surface area contributed by atoms with E-state index in [1.165, 1.54) is 0 Å². The molecule has 1 unspecified atom stereocenters. The van der Waals surface area contributed by atoms with Crippen molar-refractivity contribution in [3.63, 3.8) is 0 Å². The van der Waals surface area contributed by atoms with Gasteiger partial charge in [-0.25, -0.2) is 0 Å². The quantitative estimate of drug-likeness (QED) is 0.237. The highest BCUT2D eigenvalue weighted by Gasteiger charge is 2.15. The topological polar surface area (TPSA) is 70.8 Å². The van der Waals surface area contributed by atoms with Crippen molar-refractivity contribution in [2.75, 3.05) is 26.7 Å². The smallest absolute Gasteiger partial charge is 0.191 e. The predicted molar refractivity (Wildman–Crippen MR) is 123 cm³/mol. The van der Waals surface area contributed by atoms with Crippen LogP contribution in [-0.2, 0) is 0 Å². The van der Waals surface area contributed by atoms with Crippen LogP contribution in [0.4, 0.5) is 0 Å². The molecule has 2 aromatic rings. The number of hydrogen-bond donors (Lipinski definition) is 3. The average Bonchev–Trinajstić information content (AvgIpc) is 3.02. The van der Waals surface area contributed by atoms with Gasteiger partial charge in [-0.15, -0.1) is 24.0 Å². The minimum atomic E-state index is -0.0151. The highest BCUT2D eigenvalue weighted by Crippen LogP contribution is 2.31. The van der Waals surface area contributed by atoms with Gasteiger partial charge in [-0.3, -0.25) is 4.99 Å². The molecule has 0 spiro atoms. The van der Waals surface area contributed by atoms with Gasteiger partial charge in [-0.05, 0) is 46.8 Å². The largest absolute Gasteiger partial charge is 0.490 e. The molecule has 6 nitrogen and oxygen atoms in total. The first-order chi connectivity index (χ1) is 12.3. The van der Waals surface area contributed by atoms with Gasteiger partial charge in [0.15, 0.2) is 17.3 Å². The van der Waals surface area contributed by atoms with Crippen molar-refractivity contribution in [2.24, 2.45) is 4.99 Å². The molecule has 1 aromatic carbocycles. The number of para-hydroxylation sites is 1. The molecule has 0 fully saturated rings. The molecule has 27 heavy (non-hydrogen) atoms. The van der Waals surface area contributed by atoms with Crippen LogP contribution in [0.5, 0.6) is 5.75 Å². The number of hydrogen-bond acceptors (Lipinski definition) is 4. The number of nitrogens with one attached hydrogen (secondary N) is 3. The Hall–Kier alpha value is -1.48. The van der Waals surface area contributed by atoms with Crippen molar-refractivity contribution in [2.45, 2.75) is 46.2 Å². The second kappa shape index (κ2) is 10.8. The molecule has 1 atom stereocenters. The number of benzene rings is 1. The lowest BCUT2D eigenvalue weighted by Crippen LogP contribution is -2.44. The molecule has 0 aliphatic rings. The highest BCUT2D eigenvalue weighted by molar-refractivity contribution is 14.0. The third-order valence-electron chi connectivity index (χ3n) is 3.90. The second-order valence-electron chi connectivity index (χ2n) is 7.30. The van der Waals surface area contributed by atoms with Gasteiger partial charge in [-0.1, -0.05) is 12.1 Å². The SMILES string of the molecule is CCOc1cccc2cc(C(C)NC(=NC)NCCNC(C)(C)C)oc12.I. The van der Waals surface area contributed by atoms with E-state index >= 15 is 0 Å². The lowest BCUT2D eigenvalue weighted by molar-refractivity contribution is 0.336. The number of aliphatic imine (C=N–C) groups is 1. The number of guanidine groups is 1. The highest BCUT2D eigenvalue weighted by atomic mass is 127. The van der Waals surface area contributed by atoms with Gasteiger partial charge in [-0.2, -0.15) is 0 Å². The zero-order valence-corrected chi connectivity index (χ0v) is 19.5. The van der Waals surface area contributed by atoms with E-state index in [-0.39, 0.29) is 35.6 Å². The van der Waals surface area contributed by atoms with Crippen LogP contribution < -0.4 is 20.7 Å². The van der Waals surface area contributed by atoms with E-state index < -0.39 is 0 Å². The number of furan rings is 1. The third-order valence-corrected chi connectivity index (χ3v) is 3.90. The standard InChI is InChI=1S/C20H32N4O2.HI/c1-7-25-16-10-8-9-15-13-17(26-18(15)16)14(2)24-19(21-6)22-11-12-23-20(3,4)5;/h8-10,13-14,23H,7,11-12H2,1-6H3,(H2,21,22,24);1H. The maximum absolute atomic E-state index is 6.05. The van der Waals surface area contributed by atoms with Crippen LogP contribution >= 0.6 is 24.0 Å². The Bertz CT molecular complexity index is 737. The summed E-state index contributed by atoms with van der Waals surface area (Å²) in [6.45, 7) is 12.7. The Morgan fingerprint density at radius 1 is 1.26 bits per heavy atom. The molecule has 0 bridgehead atoms. The fraction of sp³-hybridized carbons (Fsp3) is 0.550. The van der Waals surface area contributed by atoms with E-state index in [2.05, 4.69) is 48.6 Å². The van der Waals surface area contributed by atoms with Crippen LogP contribution in [0.1, 0.15) is 46.4 Å². The second-order valence-corrected chi connectivity index (χ2v) is 7.30. The van der Waals surface area contributed by atoms with E-state index in [1.54, 1.807) is 7.05 Å². The Morgan fingerprint density at radius 2 is 2.00 bits per heavy atom. The first-order valence-corrected chi connectivity index (χ1v) is 9.21. The molecule has 1 heterocycles. The first kappa shape index (κ1) is 23.6. The monoisotopic (exact) mass is 488 g/mol. The summed E-state index contributed by atoms with van der Waals surface area (Å²) >= 11 is 0. The Morgan fingerprint density at radius 3 is 2.63 bits per heavy atom. The minimum Gasteiger partial charge on any atom is -0.490 e. The Labute approximate surface area is 179 Å². The van der Waals surface area contributed by atoms with Crippen LogP contribution in [0.15, 0.2) is 33.7 Å². The summed E-state index contributed by atoms with van der Waals surface area (Å²) in [5.41, 5.74) is 0.897. The van der Waals surface area contributed by atoms with E-state index in [4.69, 9.17) is 9.15 Å². The summed E-state index contributed by atoms with van der Waals surface area (Å²) in [5, 5.41) is 11.2. The summed E-state index contributed by atoms with van der Waals surface area (Å²) in [7, 11) is 1.77. The molecule has 1 aromatic heterocycles. The molecular weight excluding hydrogens is 455 g/mol. The first-order valence-electron chi connectivity index (χ1n) is 9.21. The Kier molecular flexibility index (Phi) is 9.38. The fourth-order valence-electron chi connectivity index (χ4n) is 2.63. The number of fused-ring (bicyclic) bond motifs is 1. The molecule has 0 aliphatic carbocycles. The molecule has 2 rings (SSSR count). The van der Waals surface area contributed by atoms with Gasteiger partial charge in [0.2, 0.25) is 0 Å². The van der Waals surface area contributed by atoms with Crippen LogP contribution in [-0.4, -0.2) is 38.2 Å². The number of nitrogens with zero attached hydrogens (tertiary/aromatic N) is 1. The summed E-state index contributed by atoms with van der Waals surface area (Å²) in [6.07, 6.45) is 0. The van der Waals surface area contributed by atoms with Crippen molar-refractivity contribution >= 4 is 40.9 Å². The van der Waals surface area contributed by atoms with Gasteiger partial charge in [0.1, 0.15) is 5.76 Å². The van der Waals surface area contributed by atoms with Gasteiger partial charge in [0.25, 0.3) is 0 Å². The van der Waals surface area contributed by atoms with Crippen LogP contribution in [0.25, 0.3) is 11.0 Å². The van der Waals surface area contributed by atoms with E-state index in [1.807, 2.05) is 31.2 Å². The van der Waals surface area contributed by atoms with Gasteiger partial charge >= 0.3 is 0 Å². The van der Waals surface area contributed by atoms with Crippen molar-refractivity contribution in [3.8, 4) is 5.75 Å². The molecule has 0 amide bonds. The molecule has 3 N–H and O–H groups in total. The van der Waals surface area contributed by atoms with E-state index in [9.17, 15) is 0 Å². The number of ether oxygens (including phenoxy) is 1. The Balaban J connectivity index is 0.00000364. The maximum Gasteiger partial charge on any atom is 0.191 e. The molecule has 152 valence electrons. The van der Waals surface area contributed by atoms with Gasteiger partial charge < -0.3 is 25.1 Å². The third kappa shape index (κ3) is 7.21. The lowest BCUT2D eigenvalue weighted by Gasteiger charge is -2.21. The normalized spacial score (nSPS) is 13.2. The van der Waals surface area contributed by atoms with Crippen molar-refractivity contribution in [1.82, 2.24) is 16.0 Å². The molecule has 7 heteroatoms. The summed E-state index contributed by atoms with van der Waals surface area (Å²) in [6, 6.07) is 7.97. The summed E-state index contributed by atoms with van der Waals surface area (Å²) < 4.78 is 11.7.